The van der Waals surface area contributed by atoms with E-state index in [4.69, 9.17) is 9.47 Å². The minimum Gasteiger partial charge on any atom is -0.497 e. The minimum atomic E-state index is 0.407. The first-order valence-electron chi connectivity index (χ1n) is 8.57. The molecule has 0 saturated carbocycles. The molecule has 5 nitrogen and oxygen atoms in total. The van der Waals surface area contributed by atoms with Crippen molar-refractivity contribution in [3.63, 3.8) is 0 Å². The van der Waals surface area contributed by atoms with Gasteiger partial charge in [0.1, 0.15) is 18.1 Å². The molecule has 0 atom stereocenters. The molecule has 1 aromatic heterocycles. The zero-order chi connectivity index (χ0) is 18.4. The van der Waals surface area contributed by atoms with E-state index in [0.717, 1.165) is 34.8 Å². The Labute approximate surface area is 158 Å². The summed E-state index contributed by atoms with van der Waals surface area (Å²) in [5.74, 6) is 3.37. The zero-order valence-corrected chi connectivity index (χ0v) is 16.1. The van der Waals surface area contributed by atoms with E-state index in [0.29, 0.717) is 6.61 Å². The van der Waals surface area contributed by atoms with Gasteiger partial charge in [-0.25, -0.2) is 0 Å². The summed E-state index contributed by atoms with van der Waals surface area (Å²) in [5, 5.41) is 9.55. The molecular weight excluding hydrogens is 346 g/mol. The third-order valence-electron chi connectivity index (χ3n) is 3.97. The molecule has 0 radical (unpaired) electrons. The van der Waals surface area contributed by atoms with Crippen LogP contribution >= 0.6 is 11.8 Å². The molecule has 0 aliphatic heterocycles. The molecule has 0 aliphatic carbocycles. The van der Waals surface area contributed by atoms with Crippen molar-refractivity contribution in [2.24, 2.45) is 0 Å². The van der Waals surface area contributed by atoms with E-state index in [2.05, 4.69) is 40.7 Å². The summed E-state index contributed by atoms with van der Waals surface area (Å²) in [6.45, 7) is 5.35. The van der Waals surface area contributed by atoms with Gasteiger partial charge in [0.25, 0.3) is 0 Å². The molecule has 0 N–H and O–H groups in total. The highest BCUT2D eigenvalue weighted by Gasteiger charge is 2.12. The number of hydrogen-bond acceptors (Lipinski definition) is 5. The van der Waals surface area contributed by atoms with Crippen LogP contribution in [0.4, 0.5) is 0 Å². The molecule has 2 aromatic carbocycles. The Morgan fingerprint density at radius 1 is 1.04 bits per heavy atom. The van der Waals surface area contributed by atoms with Crippen molar-refractivity contribution in [3.8, 4) is 11.5 Å². The molecule has 0 aliphatic rings. The number of rotatable bonds is 8. The van der Waals surface area contributed by atoms with Gasteiger partial charge in [0.15, 0.2) is 11.0 Å². The van der Waals surface area contributed by atoms with Crippen LogP contribution < -0.4 is 9.47 Å². The van der Waals surface area contributed by atoms with Crippen molar-refractivity contribution in [3.05, 3.63) is 65.5 Å². The Morgan fingerprint density at radius 3 is 2.62 bits per heavy atom. The fraction of sp³-hybridized carbons (Fsp3) is 0.300. The predicted molar refractivity (Wildman–Crippen MR) is 104 cm³/mol. The number of methoxy groups -OCH3 is 1. The lowest BCUT2D eigenvalue weighted by Gasteiger charge is -2.09. The smallest absolute Gasteiger partial charge is 0.191 e. The maximum Gasteiger partial charge on any atom is 0.191 e. The van der Waals surface area contributed by atoms with Crippen LogP contribution in [0.25, 0.3) is 0 Å². The number of ether oxygens (including phenoxy) is 2. The van der Waals surface area contributed by atoms with Gasteiger partial charge in [-0.1, -0.05) is 36.0 Å². The van der Waals surface area contributed by atoms with Gasteiger partial charge in [-0.2, -0.15) is 0 Å². The monoisotopic (exact) mass is 369 g/mol. The second-order valence-corrected chi connectivity index (χ2v) is 6.83. The molecular formula is C20H23N3O2S. The van der Waals surface area contributed by atoms with Crippen LogP contribution in [0.2, 0.25) is 0 Å². The van der Waals surface area contributed by atoms with Gasteiger partial charge in [0, 0.05) is 12.3 Å². The second-order valence-electron chi connectivity index (χ2n) is 5.89. The molecule has 0 fully saturated rings. The maximum atomic E-state index is 5.87. The molecule has 3 rings (SSSR count). The van der Waals surface area contributed by atoms with Crippen LogP contribution in [-0.4, -0.2) is 21.9 Å². The number of aryl methyl sites for hydroxylation is 1. The molecule has 0 saturated heterocycles. The summed E-state index contributed by atoms with van der Waals surface area (Å²) in [6.07, 6.45) is 0. The normalized spacial score (nSPS) is 10.7. The topological polar surface area (TPSA) is 49.2 Å². The Hall–Kier alpha value is -2.47. The summed E-state index contributed by atoms with van der Waals surface area (Å²) in [7, 11) is 1.68. The largest absolute Gasteiger partial charge is 0.497 e. The van der Waals surface area contributed by atoms with Crippen LogP contribution in [0.5, 0.6) is 11.5 Å². The molecule has 1 heterocycles. The Kier molecular flexibility index (Phi) is 6.17. The van der Waals surface area contributed by atoms with Crippen molar-refractivity contribution >= 4 is 11.8 Å². The fourth-order valence-corrected chi connectivity index (χ4v) is 3.58. The van der Waals surface area contributed by atoms with Gasteiger partial charge in [-0.05, 0) is 49.2 Å². The van der Waals surface area contributed by atoms with Crippen molar-refractivity contribution in [1.82, 2.24) is 14.8 Å². The van der Waals surface area contributed by atoms with Crippen molar-refractivity contribution < 1.29 is 9.47 Å². The average Bonchev–Trinajstić information content (AvgIpc) is 3.07. The summed E-state index contributed by atoms with van der Waals surface area (Å²) in [6, 6.07) is 16.1. The summed E-state index contributed by atoms with van der Waals surface area (Å²) < 4.78 is 13.2. The zero-order valence-electron chi connectivity index (χ0n) is 15.3. The standard InChI is InChI=1S/C20H23N3O2S/c1-4-23-19(13-25-18-10-5-7-15(2)11-18)21-22-20(23)26-14-16-8-6-9-17(12-16)24-3/h5-12H,4,13-14H2,1-3H3. The van der Waals surface area contributed by atoms with E-state index in [1.165, 1.54) is 11.1 Å². The van der Waals surface area contributed by atoms with Gasteiger partial charge >= 0.3 is 0 Å². The number of nitrogens with zero attached hydrogens (tertiary/aromatic N) is 3. The summed E-state index contributed by atoms with van der Waals surface area (Å²) in [4.78, 5) is 0. The fourth-order valence-electron chi connectivity index (χ4n) is 2.61. The molecule has 0 bridgehead atoms. The average molecular weight is 369 g/mol. The van der Waals surface area contributed by atoms with Gasteiger partial charge in [-0.3, -0.25) is 0 Å². The quantitative estimate of drug-likeness (QED) is 0.548. The molecule has 136 valence electrons. The first kappa shape index (κ1) is 18.3. The third-order valence-corrected chi connectivity index (χ3v) is 5.01. The predicted octanol–water partition coefficient (Wildman–Crippen LogP) is 4.49. The van der Waals surface area contributed by atoms with E-state index >= 15 is 0 Å². The van der Waals surface area contributed by atoms with Crippen LogP contribution in [0.1, 0.15) is 23.9 Å². The van der Waals surface area contributed by atoms with Crippen molar-refractivity contribution in [1.29, 1.82) is 0 Å². The molecule has 0 unspecified atom stereocenters. The van der Waals surface area contributed by atoms with E-state index in [-0.39, 0.29) is 0 Å². The number of benzene rings is 2. The number of thioether (sulfide) groups is 1. The number of aromatic nitrogens is 3. The van der Waals surface area contributed by atoms with Crippen molar-refractivity contribution in [2.45, 2.75) is 37.9 Å². The Bertz CT molecular complexity index is 864. The molecule has 26 heavy (non-hydrogen) atoms. The lowest BCUT2D eigenvalue weighted by Crippen LogP contribution is -2.07. The Morgan fingerprint density at radius 2 is 1.85 bits per heavy atom. The van der Waals surface area contributed by atoms with E-state index in [9.17, 15) is 0 Å². The lowest BCUT2D eigenvalue weighted by atomic mass is 10.2. The van der Waals surface area contributed by atoms with Gasteiger partial charge in [0.05, 0.1) is 7.11 Å². The van der Waals surface area contributed by atoms with Crippen LogP contribution in [0, 0.1) is 6.92 Å². The number of hydrogen-bond donors (Lipinski definition) is 0. The van der Waals surface area contributed by atoms with Crippen LogP contribution in [-0.2, 0) is 18.9 Å². The molecule has 6 heteroatoms. The summed E-state index contributed by atoms with van der Waals surface area (Å²) in [5.41, 5.74) is 2.37. The second kappa shape index (κ2) is 8.76. The molecule has 0 spiro atoms. The van der Waals surface area contributed by atoms with E-state index < -0.39 is 0 Å². The van der Waals surface area contributed by atoms with Crippen molar-refractivity contribution in [2.75, 3.05) is 7.11 Å². The van der Waals surface area contributed by atoms with Gasteiger partial charge < -0.3 is 14.0 Å². The van der Waals surface area contributed by atoms with Gasteiger partial charge in [-0.15, -0.1) is 10.2 Å². The van der Waals surface area contributed by atoms with E-state index in [1.807, 2.05) is 36.4 Å². The van der Waals surface area contributed by atoms with E-state index in [1.54, 1.807) is 18.9 Å². The van der Waals surface area contributed by atoms with Gasteiger partial charge in [0.2, 0.25) is 0 Å². The highest BCUT2D eigenvalue weighted by molar-refractivity contribution is 7.98. The lowest BCUT2D eigenvalue weighted by molar-refractivity contribution is 0.288. The third kappa shape index (κ3) is 4.58. The van der Waals surface area contributed by atoms with Crippen LogP contribution in [0.15, 0.2) is 53.7 Å². The molecule has 3 aromatic rings. The Balaban J connectivity index is 1.65. The highest BCUT2D eigenvalue weighted by atomic mass is 32.2. The minimum absolute atomic E-state index is 0.407. The SMILES string of the molecule is CCn1c(COc2cccc(C)c2)nnc1SCc1cccc(OC)c1. The first-order chi connectivity index (χ1) is 12.7. The molecule has 0 amide bonds. The highest BCUT2D eigenvalue weighted by Crippen LogP contribution is 2.24. The first-order valence-corrected chi connectivity index (χ1v) is 9.55. The maximum absolute atomic E-state index is 5.87. The van der Waals surface area contributed by atoms with Crippen LogP contribution in [0.3, 0.4) is 0 Å². The summed E-state index contributed by atoms with van der Waals surface area (Å²) >= 11 is 1.67.